The van der Waals surface area contributed by atoms with Crippen molar-refractivity contribution in [3.63, 3.8) is 0 Å². The Labute approximate surface area is 101 Å². The van der Waals surface area contributed by atoms with Gasteiger partial charge < -0.3 is 11.1 Å². The molecule has 4 nitrogen and oxygen atoms in total. The smallest absolute Gasteiger partial charge is 0.262 e. The van der Waals surface area contributed by atoms with E-state index in [9.17, 15) is 13.6 Å². The third-order valence-electron chi connectivity index (χ3n) is 2.20. The van der Waals surface area contributed by atoms with Gasteiger partial charge in [-0.25, -0.2) is 13.8 Å². The number of anilines is 2. The number of pyridine rings is 1. The maximum Gasteiger partial charge on any atom is 0.262 e. The Bertz CT molecular complexity index is 581. The van der Waals surface area contributed by atoms with Crippen molar-refractivity contribution in [1.29, 1.82) is 0 Å². The van der Waals surface area contributed by atoms with Gasteiger partial charge in [0.1, 0.15) is 28.8 Å². The van der Waals surface area contributed by atoms with E-state index in [1.807, 2.05) is 0 Å². The lowest BCUT2D eigenvalue weighted by Crippen LogP contribution is -2.16. The molecule has 3 N–H and O–H groups in total. The summed E-state index contributed by atoms with van der Waals surface area (Å²) in [7, 11) is 0. The van der Waals surface area contributed by atoms with Crippen LogP contribution in [0.3, 0.4) is 0 Å². The minimum absolute atomic E-state index is 0.127. The number of nitrogen functional groups attached to an aromatic ring is 1. The molecule has 0 aliphatic heterocycles. The van der Waals surface area contributed by atoms with Gasteiger partial charge in [-0.1, -0.05) is 12.1 Å². The van der Waals surface area contributed by atoms with Gasteiger partial charge in [-0.05, 0) is 24.3 Å². The summed E-state index contributed by atoms with van der Waals surface area (Å²) < 4.78 is 26.7. The molecular formula is C12H9F2N3O. The van der Waals surface area contributed by atoms with Crippen molar-refractivity contribution in [3.05, 3.63) is 53.6 Å². The molecule has 0 saturated carbocycles. The van der Waals surface area contributed by atoms with Gasteiger partial charge in [-0.3, -0.25) is 4.79 Å². The molecule has 2 rings (SSSR count). The molecule has 1 aromatic heterocycles. The fraction of sp³-hybridized carbons (Fsp3) is 0. The number of carbonyl (C=O) groups is 1. The number of halogens is 2. The van der Waals surface area contributed by atoms with Gasteiger partial charge in [-0.15, -0.1) is 0 Å². The minimum atomic E-state index is -0.934. The number of nitrogens with zero attached hydrogens (tertiary/aromatic N) is 1. The van der Waals surface area contributed by atoms with Crippen LogP contribution in [0.25, 0.3) is 0 Å². The molecule has 0 saturated heterocycles. The number of amides is 1. The van der Waals surface area contributed by atoms with Crippen molar-refractivity contribution in [3.8, 4) is 0 Å². The summed E-state index contributed by atoms with van der Waals surface area (Å²) in [4.78, 5) is 15.5. The third kappa shape index (κ3) is 2.42. The molecule has 1 amide bonds. The fourth-order valence-corrected chi connectivity index (χ4v) is 1.41. The molecular weight excluding hydrogens is 240 g/mol. The molecule has 6 heteroatoms. The average molecular weight is 249 g/mol. The van der Waals surface area contributed by atoms with Crippen molar-refractivity contribution in [2.75, 3.05) is 11.1 Å². The second-order valence-electron chi connectivity index (χ2n) is 3.50. The Balaban J connectivity index is 2.28. The molecule has 0 bridgehead atoms. The van der Waals surface area contributed by atoms with Crippen molar-refractivity contribution in [2.45, 2.75) is 0 Å². The van der Waals surface area contributed by atoms with E-state index in [0.717, 1.165) is 12.1 Å². The molecule has 0 aliphatic rings. The van der Waals surface area contributed by atoms with Crippen LogP contribution >= 0.6 is 0 Å². The summed E-state index contributed by atoms with van der Waals surface area (Å²) in [5.74, 6) is -2.46. The first-order valence-electron chi connectivity index (χ1n) is 5.06. The highest BCUT2D eigenvalue weighted by molar-refractivity contribution is 6.04. The van der Waals surface area contributed by atoms with Crippen molar-refractivity contribution < 1.29 is 13.6 Å². The number of rotatable bonds is 2. The molecule has 0 radical (unpaired) electrons. The summed E-state index contributed by atoms with van der Waals surface area (Å²) >= 11 is 0. The standard InChI is InChI=1S/C12H9F2N3O/c13-7-3-1-4-8(14)11(7)12(18)17-10-6-2-5-9(15)16-10/h1-6H,(H3,15,16,17,18). The lowest BCUT2D eigenvalue weighted by Gasteiger charge is -2.06. The third-order valence-corrected chi connectivity index (χ3v) is 2.20. The number of benzene rings is 1. The maximum atomic E-state index is 13.3. The lowest BCUT2D eigenvalue weighted by atomic mass is 10.2. The van der Waals surface area contributed by atoms with Crippen LogP contribution in [0.2, 0.25) is 0 Å². The molecule has 1 aromatic carbocycles. The van der Waals surface area contributed by atoms with E-state index >= 15 is 0 Å². The molecule has 0 fully saturated rings. The Hall–Kier alpha value is -2.50. The Morgan fingerprint density at radius 3 is 2.33 bits per heavy atom. The Kier molecular flexibility index (Phi) is 3.18. The van der Waals surface area contributed by atoms with Gasteiger partial charge in [-0.2, -0.15) is 0 Å². The first-order chi connectivity index (χ1) is 8.58. The first-order valence-corrected chi connectivity index (χ1v) is 5.06. The normalized spacial score (nSPS) is 10.1. The predicted molar refractivity (Wildman–Crippen MR) is 63.0 cm³/mol. The van der Waals surface area contributed by atoms with E-state index in [1.165, 1.54) is 18.2 Å². The monoisotopic (exact) mass is 249 g/mol. The zero-order valence-corrected chi connectivity index (χ0v) is 9.15. The number of hydrogen-bond donors (Lipinski definition) is 2. The highest BCUT2D eigenvalue weighted by Crippen LogP contribution is 2.14. The van der Waals surface area contributed by atoms with Crippen LogP contribution in [-0.2, 0) is 0 Å². The van der Waals surface area contributed by atoms with Gasteiger partial charge in [0, 0.05) is 0 Å². The number of aromatic nitrogens is 1. The highest BCUT2D eigenvalue weighted by atomic mass is 19.1. The van der Waals surface area contributed by atoms with Crippen LogP contribution < -0.4 is 11.1 Å². The zero-order valence-electron chi connectivity index (χ0n) is 9.15. The molecule has 1 heterocycles. The number of hydrogen-bond acceptors (Lipinski definition) is 3. The van der Waals surface area contributed by atoms with Crippen LogP contribution in [0.4, 0.5) is 20.4 Å². The summed E-state index contributed by atoms with van der Waals surface area (Å²) in [6.45, 7) is 0. The molecule has 0 aliphatic carbocycles. The Morgan fingerprint density at radius 1 is 1.11 bits per heavy atom. The first kappa shape index (κ1) is 12.0. The quantitative estimate of drug-likeness (QED) is 0.857. The molecule has 0 unspecified atom stereocenters. The SMILES string of the molecule is Nc1cccc(NC(=O)c2c(F)cccc2F)n1. The average Bonchev–Trinajstić information content (AvgIpc) is 2.28. The van der Waals surface area contributed by atoms with Crippen molar-refractivity contribution in [1.82, 2.24) is 4.98 Å². The van der Waals surface area contributed by atoms with Crippen LogP contribution in [0, 0.1) is 11.6 Å². The van der Waals surface area contributed by atoms with E-state index in [-0.39, 0.29) is 11.6 Å². The molecule has 0 atom stereocenters. The predicted octanol–water partition coefficient (Wildman–Crippen LogP) is 2.19. The van der Waals surface area contributed by atoms with Crippen LogP contribution in [0.5, 0.6) is 0 Å². The van der Waals surface area contributed by atoms with Crippen molar-refractivity contribution >= 4 is 17.5 Å². The second-order valence-corrected chi connectivity index (χ2v) is 3.50. The summed E-state index contributed by atoms with van der Waals surface area (Å²) in [5, 5.41) is 2.27. The number of nitrogens with two attached hydrogens (primary N) is 1. The second kappa shape index (κ2) is 4.79. The minimum Gasteiger partial charge on any atom is -0.384 e. The summed E-state index contributed by atoms with van der Waals surface area (Å²) in [6.07, 6.45) is 0. The van der Waals surface area contributed by atoms with E-state index in [2.05, 4.69) is 10.3 Å². The molecule has 2 aromatic rings. The van der Waals surface area contributed by atoms with Gasteiger partial charge in [0.15, 0.2) is 0 Å². The Morgan fingerprint density at radius 2 is 1.72 bits per heavy atom. The molecule has 18 heavy (non-hydrogen) atoms. The fourth-order valence-electron chi connectivity index (χ4n) is 1.41. The van der Waals surface area contributed by atoms with E-state index < -0.39 is 23.1 Å². The lowest BCUT2D eigenvalue weighted by molar-refractivity contribution is 0.101. The van der Waals surface area contributed by atoms with Gasteiger partial charge >= 0.3 is 0 Å². The zero-order chi connectivity index (χ0) is 13.1. The van der Waals surface area contributed by atoms with Crippen LogP contribution in [0.15, 0.2) is 36.4 Å². The van der Waals surface area contributed by atoms with Crippen LogP contribution in [-0.4, -0.2) is 10.9 Å². The van der Waals surface area contributed by atoms with E-state index in [4.69, 9.17) is 5.73 Å². The largest absolute Gasteiger partial charge is 0.384 e. The number of nitrogens with one attached hydrogen (secondary N) is 1. The van der Waals surface area contributed by atoms with Gasteiger partial charge in [0.25, 0.3) is 5.91 Å². The maximum absolute atomic E-state index is 13.3. The molecule has 0 spiro atoms. The van der Waals surface area contributed by atoms with Crippen LogP contribution in [0.1, 0.15) is 10.4 Å². The van der Waals surface area contributed by atoms with Gasteiger partial charge in [0.2, 0.25) is 0 Å². The number of carbonyl (C=O) groups excluding carboxylic acids is 1. The van der Waals surface area contributed by atoms with Crippen molar-refractivity contribution in [2.24, 2.45) is 0 Å². The summed E-state index contributed by atoms with van der Waals surface area (Å²) in [6, 6.07) is 7.75. The summed E-state index contributed by atoms with van der Waals surface area (Å²) in [5.41, 5.74) is 4.77. The molecule has 92 valence electrons. The van der Waals surface area contributed by atoms with Gasteiger partial charge in [0.05, 0.1) is 0 Å². The van der Waals surface area contributed by atoms with E-state index in [0.29, 0.717) is 0 Å². The highest BCUT2D eigenvalue weighted by Gasteiger charge is 2.17. The topological polar surface area (TPSA) is 68.0 Å². The van der Waals surface area contributed by atoms with E-state index in [1.54, 1.807) is 6.07 Å².